The highest BCUT2D eigenvalue weighted by Crippen LogP contribution is 2.21. The molecule has 0 aromatic heterocycles. The molecule has 25 heavy (non-hydrogen) atoms. The number of hydrogen-bond acceptors (Lipinski definition) is 4. The summed E-state index contributed by atoms with van der Waals surface area (Å²) in [5.41, 5.74) is 2.78. The highest BCUT2D eigenvalue weighted by Gasteiger charge is 2.20. The van der Waals surface area contributed by atoms with Crippen LogP contribution >= 0.6 is 0 Å². The van der Waals surface area contributed by atoms with E-state index in [0.717, 1.165) is 5.56 Å². The van der Waals surface area contributed by atoms with E-state index < -0.39 is 12.1 Å². The lowest BCUT2D eigenvalue weighted by Crippen LogP contribution is -2.32. The average Bonchev–Trinajstić information content (AvgIpc) is 2.62. The van der Waals surface area contributed by atoms with Crippen molar-refractivity contribution in [2.45, 2.75) is 33.3 Å². The number of benzene rings is 2. The third-order valence-electron chi connectivity index (χ3n) is 3.96. The number of carbonyl (C=O) groups excluding carboxylic acids is 2. The van der Waals surface area contributed by atoms with Crippen molar-refractivity contribution in [2.24, 2.45) is 0 Å². The Morgan fingerprint density at radius 2 is 1.76 bits per heavy atom. The predicted molar refractivity (Wildman–Crippen MR) is 97.0 cm³/mol. The van der Waals surface area contributed by atoms with E-state index in [2.05, 4.69) is 5.32 Å². The predicted octanol–water partition coefficient (Wildman–Crippen LogP) is 3.89. The van der Waals surface area contributed by atoms with Crippen molar-refractivity contribution >= 4 is 17.6 Å². The van der Waals surface area contributed by atoms with Crippen LogP contribution in [0, 0.1) is 13.8 Å². The zero-order valence-electron chi connectivity index (χ0n) is 15.0. The summed E-state index contributed by atoms with van der Waals surface area (Å²) in [6.45, 7) is 5.64. The lowest BCUT2D eigenvalue weighted by atomic mass is 10.1. The quantitative estimate of drug-likeness (QED) is 0.810. The van der Waals surface area contributed by atoms with Gasteiger partial charge in [0.25, 0.3) is 5.91 Å². The summed E-state index contributed by atoms with van der Waals surface area (Å²) in [4.78, 5) is 24.3. The van der Waals surface area contributed by atoms with E-state index in [1.807, 2.05) is 38.1 Å². The molecule has 1 atom stereocenters. The fourth-order valence-corrected chi connectivity index (χ4v) is 2.42. The van der Waals surface area contributed by atoms with Gasteiger partial charge in [0.1, 0.15) is 5.75 Å². The molecule has 0 fully saturated rings. The summed E-state index contributed by atoms with van der Waals surface area (Å²) in [5.74, 6) is -0.0441. The van der Waals surface area contributed by atoms with E-state index in [1.54, 1.807) is 25.1 Å². The van der Waals surface area contributed by atoms with Crippen LogP contribution in [0.25, 0.3) is 0 Å². The van der Waals surface area contributed by atoms with Crippen molar-refractivity contribution in [1.82, 2.24) is 0 Å². The highest BCUT2D eigenvalue weighted by atomic mass is 16.5. The van der Waals surface area contributed by atoms with Crippen LogP contribution in [0.1, 0.15) is 34.8 Å². The summed E-state index contributed by atoms with van der Waals surface area (Å²) in [6.07, 6.45) is -0.0981. The normalized spacial score (nSPS) is 11.5. The summed E-state index contributed by atoms with van der Waals surface area (Å²) in [7, 11) is 1.33. The summed E-state index contributed by atoms with van der Waals surface area (Å²) in [6, 6.07) is 12.7. The van der Waals surface area contributed by atoms with Crippen molar-refractivity contribution < 1.29 is 19.1 Å². The average molecular weight is 341 g/mol. The Kier molecular flexibility index (Phi) is 6.17. The van der Waals surface area contributed by atoms with Crippen LogP contribution in [0.15, 0.2) is 42.5 Å². The van der Waals surface area contributed by atoms with Gasteiger partial charge in [0.15, 0.2) is 6.10 Å². The zero-order valence-corrected chi connectivity index (χ0v) is 15.0. The Balaban J connectivity index is 2.14. The lowest BCUT2D eigenvalue weighted by Gasteiger charge is -2.18. The van der Waals surface area contributed by atoms with Crippen molar-refractivity contribution in [3.8, 4) is 5.75 Å². The van der Waals surface area contributed by atoms with Gasteiger partial charge in [0.2, 0.25) is 0 Å². The molecule has 132 valence electrons. The number of rotatable bonds is 6. The number of methoxy groups -OCH3 is 1. The molecule has 0 bridgehead atoms. The van der Waals surface area contributed by atoms with Gasteiger partial charge in [-0.3, -0.25) is 4.79 Å². The molecule has 0 unspecified atom stereocenters. The Morgan fingerprint density at radius 1 is 1.08 bits per heavy atom. The topological polar surface area (TPSA) is 64.6 Å². The number of hydrogen-bond donors (Lipinski definition) is 1. The summed E-state index contributed by atoms with van der Waals surface area (Å²) >= 11 is 0. The fourth-order valence-electron chi connectivity index (χ4n) is 2.42. The van der Waals surface area contributed by atoms with Gasteiger partial charge in [0.05, 0.1) is 12.7 Å². The number of carbonyl (C=O) groups is 2. The smallest absolute Gasteiger partial charge is 0.338 e. The first-order valence-electron chi connectivity index (χ1n) is 8.18. The van der Waals surface area contributed by atoms with Crippen LogP contribution in [0.2, 0.25) is 0 Å². The molecule has 0 saturated carbocycles. The second-order valence-corrected chi connectivity index (χ2v) is 5.79. The molecule has 0 aliphatic carbocycles. The number of ether oxygens (including phenoxy) is 2. The number of aryl methyl sites for hydroxylation is 1. The maximum absolute atomic E-state index is 12.6. The molecule has 2 aromatic rings. The van der Waals surface area contributed by atoms with Crippen LogP contribution < -0.4 is 10.1 Å². The van der Waals surface area contributed by atoms with E-state index in [9.17, 15) is 9.59 Å². The maximum Gasteiger partial charge on any atom is 0.338 e. The SMILES string of the molecule is CC[C@H](Oc1ccc(C)cc1)C(=O)Nc1cccc(C(=O)OC)c1C. The van der Waals surface area contributed by atoms with Crippen molar-refractivity contribution in [1.29, 1.82) is 0 Å². The molecule has 1 N–H and O–H groups in total. The van der Waals surface area contributed by atoms with Crippen molar-refractivity contribution in [3.05, 3.63) is 59.2 Å². The van der Waals surface area contributed by atoms with Gasteiger partial charge in [-0.1, -0.05) is 30.7 Å². The first-order chi connectivity index (χ1) is 12.0. The molecule has 2 aromatic carbocycles. The van der Waals surface area contributed by atoms with Gasteiger partial charge in [0, 0.05) is 5.69 Å². The van der Waals surface area contributed by atoms with Gasteiger partial charge in [-0.25, -0.2) is 4.79 Å². The van der Waals surface area contributed by atoms with Crippen LogP contribution in [-0.2, 0) is 9.53 Å². The van der Waals surface area contributed by atoms with Gasteiger partial charge < -0.3 is 14.8 Å². The van der Waals surface area contributed by atoms with Crippen LogP contribution in [0.3, 0.4) is 0 Å². The number of anilines is 1. The Hall–Kier alpha value is -2.82. The zero-order chi connectivity index (χ0) is 18.4. The Labute approximate surface area is 148 Å². The minimum Gasteiger partial charge on any atom is -0.481 e. The summed E-state index contributed by atoms with van der Waals surface area (Å²) in [5, 5.41) is 2.84. The minimum atomic E-state index is -0.621. The van der Waals surface area contributed by atoms with E-state index in [4.69, 9.17) is 9.47 Å². The van der Waals surface area contributed by atoms with E-state index >= 15 is 0 Å². The first kappa shape index (κ1) is 18.5. The monoisotopic (exact) mass is 341 g/mol. The molecule has 0 saturated heterocycles. The second-order valence-electron chi connectivity index (χ2n) is 5.79. The van der Waals surface area contributed by atoms with Gasteiger partial charge in [-0.05, 0) is 50.1 Å². The van der Waals surface area contributed by atoms with E-state index in [0.29, 0.717) is 29.0 Å². The molecule has 0 heterocycles. The molecule has 2 rings (SSSR count). The number of amides is 1. The van der Waals surface area contributed by atoms with Gasteiger partial charge >= 0.3 is 5.97 Å². The van der Waals surface area contributed by atoms with Gasteiger partial charge in [-0.15, -0.1) is 0 Å². The van der Waals surface area contributed by atoms with Crippen molar-refractivity contribution in [2.75, 3.05) is 12.4 Å². The number of esters is 1. The van der Waals surface area contributed by atoms with Crippen molar-refractivity contribution in [3.63, 3.8) is 0 Å². The van der Waals surface area contributed by atoms with E-state index in [-0.39, 0.29) is 5.91 Å². The third-order valence-corrected chi connectivity index (χ3v) is 3.96. The minimum absolute atomic E-state index is 0.256. The van der Waals surface area contributed by atoms with Gasteiger partial charge in [-0.2, -0.15) is 0 Å². The molecule has 0 aliphatic rings. The molecule has 0 aliphatic heterocycles. The first-order valence-corrected chi connectivity index (χ1v) is 8.18. The molecule has 0 radical (unpaired) electrons. The van der Waals surface area contributed by atoms with Crippen LogP contribution in [0.5, 0.6) is 5.75 Å². The lowest BCUT2D eigenvalue weighted by molar-refractivity contribution is -0.122. The summed E-state index contributed by atoms with van der Waals surface area (Å²) < 4.78 is 10.5. The number of nitrogens with one attached hydrogen (secondary N) is 1. The van der Waals surface area contributed by atoms with Crippen LogP contribution in [-0.4, -0.2) is 25.1 Å². The molecule has 5 heteroatoms. The fraction of sp³-hybridized carbons (Fsp3) is 0.300. The Bertz CT molecular complexity index is 753. The van der Waals surface area contributed by atoms with E-state index in [1.165, 1.54) is 7.11 Å². The maximum atomic E-state index is 12.6. The third kappa shape index (κ3) is 4.59. The highest BCUT2D eigenvalue weighted by molar-refractivity contribution is 5.98. The Morgan fingerprint density at radius 3 is 2.36 bits per heavy atom. The second kappa shape index (κ2) is 8.33. The largest absolute Gasteiger partial charge is 0.481 e. The standard InChI is InChI=1S/C20H23NO4/c1-5-18(25-15-11-9-13(2)10-12-15)19(22)21-17-8-6-7-16(14(17)3)20(23)24-4/h6-12,18H,5H2,1-4H3,(H,21,22)/t18-/m0/s1. The molecule has 1 amide bonds. The molecular weight excluding hydrogens is 318 g/mol. The molecular formula is C20H23NO4. The molecule has 0 spiro atoms. The molecule has 5 nitrogen and oxygen atoms in total. The van der Waals surface area contributed by atoms with Crippen LogP contribution in [0.4, 0.5) is 5.69 Å².